The summed E-state index contributed by atoms with van der Waals surface area (Å²) in [5, 5.41) is 0. The Hall–Kier alpha value is -2.14. The highest BCUT2D eigenvalue weighted by Crippen LogP contribution is 2.35. The minimum atomic E-state index is -1.18. The summed E-state index contributed by atoms with van der Waals surface area (Å²) >= 11 is 0. The van der Waals surface area contributed by atoms with Crippen molar-refractivity contribution in [1.29, 1.82) is 0 Å². The van der Waals surface area contributed by atoms with Crippen LogP contribution in [0.3, 0.4) is 0 Å². The van der Waals surface area contributed by atoms with E-state index in [9.17, 15) is 17.8 Å². The van der Waals surface area contributed by atoms with Gasteiger partial charge in [-0.05, 0) is 49.1 Å². The summed E-state index contributed by atoms with van der Waals surface area (Å²) in [6.07, 6.45) is 10.2. The first kappa shape index (κ1) is 21.9. The van der Waals surface area contributed by atoms with E-state index in [0.29, 0.717) is 28.9 Å². The molecule has 0 amide bonds. The van der Waals surface area contributed by atoms with Gasteiger partial charge in [-0.15, -0.1) is 0 Å². The fourth-order valence-corrected chi connectivity index (χ4v) is 2.86. The van der Waals surface area contributed by atoms with Crippen LogP contribution in [0.25, 0.3) is 0 Å². The zero-order chi connectivity index (χ0) is 19.9. The van der Waals surface area contributed by atoms with E-state index in [1.807, 2.05) is 13.0 Å². The molecule has 1 unspecified atom stereocenters. The van der Waals surface area contributed by atoms with Gasteiger partial charge in [-0.2, -0.15) is 0 Å². The first-order valence-corrected chi connectivity index (χ1v) is 9.74. The molecule has 0 aromatic rings. The zero-order valence-corrected chi connectivity index (χ0v) is 16.2. The average Bonchev–Trinajstić information content (AvgIpc) is 2.93. The fourth-order valence-electron chi connectivity index (χ4n) is 2.60. The number of carbonyl (C=O) groups is 1. The molecule has 1 rings (SSSR count). The minimum absolute atomic E-state index is 0.0875. The molecule has 0 N–H and O–H groups in total. The Morgan fingerprint density at radius 3 is 2.35 bits per heavy atom. The second-order valence-corrected chi connectivity index (χ2v) is 7.32. The number of carbonyl (C=O) groups excluding carboxylic acids is 1. The van der Waals surface area contributed by atoms with Crippen LogP contribution in [0.15, 0.2) is 82.4 Å². The maximum Gasteiger partial charge on any atom is 0.164 e. The van der Waals surface area contributed by atoms with E-state index < -0.39 is 22.5 Å². The van der Waals surface area contributed by atoms with Crippen molar-refractivity contribution >= 4 is 16.6 Å². The maximum atomic E-state index is 13.5. The van der Waals surface area contributed by atoms with Crippen molar-refractivity contribution in [1.82, 2.24) is 0 Å². The molecule has 1 aliphatic carbocycles. The molecule has 0 saturated heterocycles. The molecule has 0 heterocycles. The molecule has 0 saturated carbocycles. The summed E-state index contributed by atoms with van der Waals surface area (Å²) in [4.78, 5) is 12.9. The van der Waals surface area contributed by atoms with E-state index in [2.05, 4.69) is 13.2 Å². The van der Waals surface area contributed by atoms with Gasteiger partial charge in [-0.1, -0.05) is 31.4 Å². The maximum absolute atomic E-state index is 13.5. The first-order chi connectivity index (χ1) is 12.2. The van der Waals surface area contributed by atoms with Gasteiger partial charge in [-0.25, -0.2) is 8.78 Å². The van der Waals surface area contributed by atoms with E-state index in [0.717, 1.165) is 11.1 Å². The van der Waals surface area contributed by atoms with E-state index >= 15 is 0 Å². The van der Waals surface area contributed by atoms with Crippen LogP contribution in [-0.4, -0.2) is 16.2 Å². The lowest BCUT2D eigenvalue weighted by Gasteiger charge is -2.10. The molecule has 0 fully saturated rings. The molecular weight excluding hydrogens is 354 g/mol. The third kappa shape index (κ3) is 6.30. The molecule has 0 bridgehead atoms. The lowest BCUT2D eigenvalue weighted by atomic mass is 9.94. The molecule has 0 spiro atoms. The van der Waals surface area contributed by atoms with E-state index in [4.69, 9.17) is 0 Å². The quantitative estimate of drug-likeness (QED) is 0.507. The Kier molecular flexibility index (Phi) is 8.52. The molecule has 1 aliphatic rings. The Balaban J connectivity index is 3.44. The van der Waals surface area contributed by atoms with E-state index in [-0.39, 0.29) is 12.2 Å². The second kappa shape index (κ2) is 10.1. The first-order valence-electron chi connectivity index (χ1n) is 8.18. The molecule has 140 valence electrons. The monoisotopic (exact) mass is 378 g/mol. The van der Waals surface area contributed by atoms with Gasteiger partial charge in [0.2, 0.25) is 0 Å². The Labute approximate surface area is 156 Å². The largest absolute Gasteiger partial charge is 0.294 e. The zero-order valence-electron chi connectivity index (χ0n) is 15.4. The number of rotatable bonds is 8. The van der Waals surface area contributed by atoms with Crippen LogP contribution >= 0.6 is 0 Å². The fraction of sp³-hybridized carbons (Fsp3) is 0.286. The van der Waals surface area contributed by atoms with Crippen LogP contribution in [0.2, 0.25) is 0 Å². The van der Waals surface area contributed by atoms with Crippen molar-refractivity contribution in [3.05, 3.63) is 82.4 Å². The molecule has 1 atom stereocenters. The molecule has 0 aromatic carbocycles. The predicted molar refractivity (Wildman–Crippen MR) is 105 cm³/mol. The minimum Gasteiger partial charge on any atom is -0.294 e. The van der Waals surface area contributed by atoms with Gasteiger partial charge in [0, 0.05) is 40.4 Å². The van der Waals surface area contributed by atoms with Crippen molar-refractivity contribution in [2.45, 2.75) is 33.1 Å². The number of hydrogen-bond acceptors (Lipinski definition) is 2. The van der Waals surface area contributed by atoms with Crippen molar-refractivity contribution in [2.24, 2.45) is 0 Å². The molecular formula is C21H24F2O2S. The summed E-state index contributed by atoms with van der Waals surface area (Å²) < 4.78 is 38.0. The number of hydrogen-bond donors (Lipinski definition) is 0. The predicted octanol–water partition coefficient (Wildman–Crippen LogP) is 5.71. The highest BCUT2D eigenvalue weighted by atomic mass is 32.2. The summed E-state index contributed by atoms with van der Waals surface area (Å²) in [6, 6.07) is 0. The summed E-state index contributed by atoms with van der Waals surface area (Å²) in [5.41, 5.74) is 2.28. The van der Waals surface area contributed by atoms with E-state index in [1.54, 1.807) is 12.2 Å². The summed E-state index contributed by atoms with van der Waals surface area (Å²) in [6.45, 7) is 10.0. The van der Waals surface area contributed by atoms with Gasteiger partial charge in [0.1, 0.15) is 0 Å². The van der Waals surface area contributed by atoms with Crippen molar-refractivity contribution in [2.75, 3.05) is 6.26 Å². The Bertz CT molecular complexity index is 789. The number of allylic oxidation sites excluding steroid dienone is 11. The third-order valence-electron chi connectivity index (χ3n) is 3.85. The standard InChI is InChI=1S/C21H24F2O2S/c1-6-17(10-8-16(4)26(5)25)19-11-12-20(24)21(19)18(13-15(3)23)9-7-14(2)22/h6,8-10,13H,2,4,7,11-12H2,1,3,5H3/b10-8-,15-13+,17-6+,18-9?. The van der Waals surface area contributed by atoms with Gasteiger partial charge < -0.3 is 0 Å². The highest BCUT2D eigenvalue weighted by molar-refractivity contribution is 7.88. The third-order valence-corrected chi connectivity index (χ3v) is 4.72. The lowest BCUT2D eigenvalue weighted by molar-refractivity contribution is -0.114. The lowest BCUT2D eigenvalue weighted by Crippen LogP contribution is -2.01. The Morgan fingerprint density at radius 2 is 1.85 bits per heavy atom. The van der Waals surface area contributed by atoms with Crippen molar-refractivity contribution in [3.8, 4) is 0 Å². The van der Waals surface area contributed by atoms with Crippen molar-refractivity contribution in [3.63, 3.8) is 0 Å². The topological polar surface area (TPSA) is 34.1 Å². The van der Waals surface area contributed by atoms with Crippen molar-refractivity contribution < 1.29 is 17.8 Å². The summed E-state index contributed by atoms with van der Waals surface area (Å²) in [5.74, 6) is -1.15. The second-order valence-electron chi connectivity index (χ2n) is 5.89. The van der Waals surface area contributed by atoms with Gasteiger partial charge >= 0.3 is 0 Å². The van der Waals surface area contributed by atoms with Gasteiger partial charge in [0.25, 0.3) is 0 Å². The summed E-state index contributed by atoms with van der Waals surface area (Å²) in [7, 11) is -1.18. The SMILES string of the molecule is C=C(F)CC=C(/C=C(\C)F)C1=C(C(/C=C\C(=C)S(C)=O)=C/C)CCC1=O. The van der Waals surface area contributed by atoms with Gasteiger partial charge in [0.15, 0.2) is 5.78 Å². The molecule has 26 heavy (non-hydrogen) atoms. The number of Topliss-reactive ketones (excluding diaryl/α,β-unsaturated/α-hetero) is 1. The molecule has 2 nitrogen and oxygen atoms in total. The van der Waals surface area contributed by atoms with Gasteiger partial charge in [0.05, 0.1) is 11.7 Å². The highest BCUT2D eigenvalue weighted by Gasteiger charge is 2.26. The van der Waals surface area contributed by atoms with Crippen LogP contribution in [-0.2, 0) is 15.6 Å². The Morgan fingerprint density at radius 1 is 1.19 bits per heavy atom. The number of halogens is 2. The average molecular weight is 378 g/mol. The number of ketones is 1. The van der Waals surface area contributed by atoms with Crippen LogP contribution in [0.1, 0.15) is 33.1 Å². The van der Waals surface area contributed by atoms with Crippen LogP contribution in [0.4, 0.5) is 8.78 Å². The molecule has 5 heteroatoms. The van der Waals surface area contributed by atoms with Crippen LogP contribution in [0.5, 0.6) is 0 Å². The smallest absolute Gasteiger partial charge is 0.164 e. The van der Waals surface area contributed by atoms with Gasteiger partial charge in [-0.3, -0.25) is 9.00 Å². The molecule has 0 aromatic heterocycles. The molecule has 0 radical (unpaired) electrons. The molecule has 0 aliphatic heterocycles. The van der Waals surface area contributed by atoms with E-state index in [1.165, 1.54) is 25.3 Å². The normalized spacial score (nSPS) is 18.0. The van der Waals surface area contributed by atoms with Crippen LogP contribution < -0.4 is 0 Å². The van der Waals surface area contributed by atoms with Crippen LogP contribution in [0, 0.1) is 0 Å².